The Hall–Kier alpha value is -3.32. The second-order valence-corrected chi connectivity index (χ2v) is 10.2. The van der Waals surface area contributed by atoms with Gasteiger partial charge in [0, 0.05) is 13.0 Å². The molecule has 0 saturated heterocycles. The minimum Gasteiger partial charge on any atom is -0.480 e. The first kappa shape index (κ1) is 32.7. The van der Waals surface area contributed by atoms with Crippen molar-refractivity contribution in [2.75, 3.05) is 18.6 Å². The predicted octanol–water partition coefficient (Wildman–Crippen LogP) is -0.442. The van der Waals surface area contributed by atoms with Crippen molar-refractivity contribution in [3.8, 4) is 0 Å². The number of nitrogens with two attached hydrogens (primary N) is 3. The molecule has 10 N–H and O–H groups in total. The van der Waals surface area contributed by atoms with E-state index < -0.39 is 47.9 Å². The van der Waals surface area contributed by atoms with Gasteiger partial charge in [0.15, 0.2) is 5.96 Å². The Morgan fingerprint density at radius 1 is 0.921 bits per heavy atom. The highest BCUT2D eigenvalue weighted by Gasteiger charge is 2.30. The van der Waals surface area contributed by atoms with Crippen molar-refractivity contribution >= 4 is 41.4 Å². The maximum absolute atomic E-state index is 13.2. The number of benzene rings is 1. The lowest BCUT2D eigenvalue weighted by molar-refractivity contribution is -0.142. The van der Waals surface area contributed by atoms with E-state index in [4.69, 9.17) is 17.2 Å². The van der Waals surface area contributed by atoms with E-state index in [1.54, 1.807) is 38.1 Å². The molecule has 1 rings (SSSR count). The van der Waals surface area contributed by atoms with Crippen LogP contribution in [0.1, 0.15) is 38.7 Å². The maximum Gasteiger partial charge on any atom is 0.326 e. The van der Waals surface area contributed by atoms with Crippen molar-refractivity contribution in [2.45, 2.75) is 63.7 Å². The predicted molar refractivity (Wildman–Crippen MR) is 149 cm³/mol. The zero-order valence-electron chi connectivity index (χ0n) is 22.2. The normalized spacial score (nSPS) is 14.0. The molecular formula is C25H41N7O5S. The molecule has 212 valence electrons. The molecule has 0 aliphatic carbocycles. The second-order valence-electron chi connectivity index (χ2n) is 9.21. The van der Waals surface area contributed by atoms with Crippen LogP contribution < -0.4 is 33.2 Å². The molecule has 12 nitrogen and oxygen atoms in total. The monoisotopic (exact) mass is 551 g/mol. The molecule has 38 heavy (non-hydrogen) atoms. The van der Waals surface area contributed by atoms with Crippen LogP contribution in [-0.2, 0) is 25.6 Å². The molecule has 4 atom stereocenters. The highest BCUT2D eigenvalue weighted by atomic mass is 32.2. The fraction of sp³-hybridized carbons (Fsp3) is 0.560. The van der Waals surface area contributed by atoms with E-state index >= 15 is 0 Å². The van der Waals surface area contributed by atoms with Gasteiger partial charge in [-0.3, -0.25) is 19.4 Å². The van der Waals surface area contributed by atoms with Gasteiger partial charge in [-0.05, 0) is 42.8 Å². The average molecular weight is 552 g/mol. The number of guanidine groups is 1. The van der Waals surface area contributed by atoms with E-state index in [0.717, 1.165) is 5.56 Å². The SMILES string of the molecule is CSCCC(NC(=O)C(CCCN=C(N)N)NC(=O)C(N)C(C)C)C(=O)NC(Cc1ccccc1)C(=O)O. The Morgan fingerprint density at radius 3 is 2.00 bits per heavy atom. The summed E-state index contributed by atoms with van der Waals surface area (Å²) < 4.78 is 0. The van der Waals surface area contributed by atoms with E-state index in [0.29, 0.717) is 12.2 Å². The molecule has 3 amide bonds. The Balaban J connectivity index is 3.02. The molecule has 0 aromatic heterocycles. The van der Waals surface area contributed by atoms with Crippen LogP contribution in [0.4, 0.5) is 0 Å². The third-order valence-corrected chi connectivity index (χ3v) is 6.38. The van der Waals surface area contributed by atoms with Crippen molar-refractivity contribution in [1.29, 1.82) is 0 Å². The van der Waals surface area contributed by atoms with E-state index in [1.807, 2.05) is 12.3 Å². The number of rotatable bonds is 17. The third-order valence-electron chi connectivity index (χ3n) is 5.74. The second kappa shape index (κ2) is 17.2. The van der Waals surface area contributed by atoms with E-state index in [1.165, 1.54) is 11.8 Å². The number of nitrogens with one attached hydrogen (secondary N) is 3. The first-order chi connectivity index (χ1) is 18.0. The van der Waals surface area contributed by atoms with Crippen molar-refractivity contribution in [3.05, 3.63) is 35.9 Å². The molecule has 0 spiro atoms. The molecule has 0 aliphatic heterocycles. The van der Waals surface area contributed by atoms with Crippen LogP contribution >= 0.6 is 11.8 Å². The molecule has 0 fully saturated rings. The summed E-state index contributed by atoms with van der Waals surface area (Å²) in [7, 11) is 0. The number of amides is 3. The van der Waals surface area contributed by atoms with Gasteiger partial charge in [0.1, 0.15) is 18.1 Å². The van der Waals surface area contributed by atoms with Gasteiger partial charge in [-0.2, -0.15) is 11.8 Å². The molecule has 1 aromatic carbocycles. The lowest BCUT2D eigenvalue weighted by Crippen LogP contribution is -2.57. The van der Waals surface area contributed by atoms with Crippen LogP contribution in [0.15, 0.2) is 35.3 Å². The summed E-state index contributed by atoms with van der Waals surface area (Å²) in [5.41, 5.74) is 17.4. The van der Waals surface area contributed by atoms with Gasteiger partial charge in [-0.15, -0.1) is 0 Å². The zero-order chi connectivity index (χ0) is 28.7. The van der Waals surface area contributed by atoms with Crippen molar-refractivity contribution in [2.24, 2.45) is 28.1 Å². The topological polar surface area (TPSA) is 215 Å². The number of nitrogens with zero attached hydrogens (tertiary/aromatic N) is 1. The largest absolute Gasteiger partial charge is 0.480 e. The molecule has 0 aliphatic rings. The van der Waals surface area contributed by atoms with Crippen molar-refractivity contribution < 1.29 is 24.3 Å². The molecule has 0 bridgehead atoms. The highest BCUT2D eigenvalue weighted by Crippen LogP contribution is 2.08. The van der Waals surface area contributed by atoms with Gasteiger partial charge < -0.3 is 38.3 Å². The minimum absolute atomic E-state index is 0.0850. The number of carboxylic acids is 1. The number of hydrogen-bond donors (Lipinski definition) is 7. The number of carboxylic acid groups (broad SMARTS) is 1. The van der Waals surface area contributed by atoms with Gasteiger partial charge in [-0.25, -0.2) is 4.79 Å². The van der Waals surface area contributed by atoms with Crippen molar-refractivity contribution in [1.82, 2.24) is 16.0 Å². The number of carbonyl (C=O) groups is 4. The Kier molecular flexibility index (Phi) is 14.8. The first-order valence-corrected chi connectivity index (χ1v) is 13.8. The fourth-order valence-corrected chi connectivity index (χ4v) is 3.91. The molecular weight excluding hydrogens is 510 g/mol. The summed E-state index contributed by atoms with van der Waals surface area (Å²) >= 11 is 1.48. The van der Waals surface area contributed by atoms with E-state index in [2.05, 4.69) is 20.9 Å². The van der Waals surface area contributed by atoms with Crippen LogP contribution in [0.25, 0.3) is 0 Å². The number of carbonyl (C=O) groups excluding carboxylic acids is 3. The standard InChI is InChI=1S/C25H41N7O5S/c1-15(2)20(26)23(35)31-17(10-7-12-29-25(27)28)21(33)30-18(11-13-38-3)22(34)32-19(24(36)37)14-16-8-5-4-6-9-16/h4-6,8-9,15,17-20H,7,10-14,26H2,1-3H3,(H,30,33)(H,31,35)(H,32,34)(H,36,37)(H4,27,28,29). The summed E-state index contributed by atoms with van der Waals surface area (Å²) in [6.45, 7) is 3.82. The summed E-state index contributed by atoms with van der Waals surface area (Å²) in [5, 5.41) is 17.6. The van der Waals surface area contributed by atoms with Crippen molar-refractivity contribution in [3.63, 3.8) is 0 Å². The third kappa shape index (κ3) is 12.3. The first-order valence-electron chi connectivity index (χ1n) is 12.4. The molecule has 13 heteroatoms. The van der Waals surface area contributed by atoms with Gasteiger partial charge in [-0.1, -0.05) is 44.2 Å². The quantitative estimate of drug-likeness (QED) is 0.0757. The van der Waals surface area contributed by atoms with Crippen LogP contribution in [0, 0.1) is 5.92 Å². The number of hydrogen-bond acceptors (Lipinski definition) is 7. The van der Waals surface area contributed by atoms with Crippen LogP contribution in [0.3, 0.4) is 0 Å². The van der Waals surface area contributed by atoms with Crippen LogP contribution in [0.5, 0.6) is 0 Å². The molecule has 0 saturated carbocycles. The molecule has 1 aromatic rings. The highest BCUT2D eigenvalue weighted by molar-refractivity contribution is 7.98. The van der Waals surface area contributed by atoms with Crippen LogP contribution in [-0.4, -0.2) is 77.5 Å². The lowest BCUT2D eigenvalue weighted by Gasteiger charge is -2.25. The van der Waals surface area contributed by atoms with Gasteiger partial charge in [0.05, 0.1) is 6.04 Å². The number of thioether (sulfide) groups is 1. The maximum atomic E-state index is 13.2. The summed E-state index contributed by atoms with van der Waals surface area (Å²) in [5.74, 6) is -2.61. The zero-order valence-corrected chi connectivity index (χ0v) is 23.0. The summed E-state index contributed by atoms with van der Waals surface area (Å²) in [6, 6.07) is 4.90. The Morgan fingerprint density at radius 2 is 1.47 bits per heavy atom. The summed E-state index contributed by atoms with van der Waals surface area (Å²) in [4.78, 5) is 54.7. The fourth-order valence-electron chi connectivity index (χ4n) is 3.44. The minimum atomic E-state index is -1.19. The van der Waals surface area contributed by atoms with E-state index in [9.17, 15) is 24.3 Å². The summed E-state index contributed by atoms with van der Waals surface area (Å²) in [6.07, 6.45) is 2.78. The molecule has 0 heterocycles. The van der Waals surface area contributed by atoms with Gasteiger partial charge in [0.25, 0.3) is 0 Å². The Bertz CT molecular complexity index is 941. The average Bonchev–Trinajstić information content (AvgIpc) is 2.87. The lowest BCUT2D eigenvalue weighted by atomic mass is 10.0. The van der Waals surface area contributed by atoms with Crippen LogP contribution in [0.2, 0.25) is 0 Å². The number of aliphatic carboxylic acids is 1. The van der Waals surface area contributed by atoms with Gasteiger partial charge in [0.2, 0.25) is 17.7 Å². The van der Waals surface area contributed by atoms with E-state index in [-0.39, 0.29) is 37.7 Å². The molecule has 4 unspecified atom stereocenters. The molecule has 0 radical (unpaired) electrons. The van der Waals surface area contributed by atoms with Gasteiger partial charge >= 0.3 is 5.97 Å². The Labute approximate surface area is 227 Å². The number of aliphatic imine (C=N–C) groups is 1. The smallest absolute Gasteiger partial charge is 0.326 e.